The van der Waals surface area contributed by atoms with Crippen LogP contribution in [0.5, 0.6) is 0 Å². The van der Waals surface area contributed by atoms with E-state index < -0.39 is 0 Å². The first kappa shape index (κ1) is 47.9. The SMILES string of the molecule is C1=CC2=C(c3ccccc3)c3ccc([nH]3)C(c3ccccc3)=c3ccc([nH]3)=c3ccc([nH]3)=C(c3ccccc3)C3=NC(=C(c4ccccc4)c4ccc([nH]4)C(c4ccccc4)=c4ccc([nH]4)=c4ccc([nH]4)=C(c4ccccc4)C1=N2)C=C3. The van der Waals surface area contributed by atoms with E-state index in [1.165, 1.54) is 0 Å². The van der Waals surface area contributed by atoms with Crippen molar-refractivity contribution in [2.24, 2.45) is 9.98 Å². The highest BCUT2D eigenvalue weighted by Crippen LogP contribution is 2.35. The number of H-pyrrole nitrogens is 6. The molecule has 8 heteroatoms. The van der Waals surface area contributed by atoms with E-state index in [0.29, 0.717) is 0 Å². The molecule has 3 aliphatic rings. The summed E-state index contributed by atoms with van der Waals surface area (Å²) < 4.78 is 0. The standard InChI is InChI=1S/C74H52N8/c1-7-19-47(20-8-1)69-57-35-31-53(75-57)54-32-36-58(76-54)70(48-21-9-2-10-22-48)63-41-45-67(81-63)74(52-29-17-6-18-30-52)68-46-42-64(82-68)72(50-25-13-4-14-26-50)60-38-34-56(78-60)55-33-37-59(77-55)71(49-23-11-3-12-24-49)62-40-44-66(80-62)73(51-27-15-5-16-28-51)65-43-39-61(69)79-65/h1-46,75-79,82H. The highest BCUT2D eigenvalue weighted by Gasteiger charge is 2.23. The van der Waals surface area contributed by atoms with E-state index in [-0.39, 0.29) is 0 Å². The number of nitrogens with one attached hydrogen (secondary N) is 6. The lowest BCUT2D eigenvalue weighted by atomic mass is 10.0. The van der Waals surface area contributed by atoms with Crippen LogP contribution in [0.15, 0.2) is 300 Å². The van der Waals surface area contributed by atoms with Crippen LogP contribution in [0.25, 0.3) is 33.4 Å². The largest absolute Gasteiger partial charge is 0.354 e. The second kappa shape index (κ2) is 20.5. The molecule has 0 aliphatic carbocycles. The molecule has 388 valence electrons. The number of aliphatic imine (C=N–C) groups is 2. The maximum atomic E-state index is 5.53. The number of aromatic nitrogens is 6. The summed E-state index contributed by atoms with van der Waals surface area (Å²) >= 11 is 0. The Bertz CT molecular complexity index is 4770. The van der Waals surface area contributed by atoms with E-state index >= 15 is 0 Å². The third-order valence-corrected chi connectivity index (χ3v) is 15.5. The molecule has 0 saturated heterocycles. The van der Waals surface area contributed by atoms with Crippen molar-refractivity contribution in [3.05, 3.63) is 389 Å². The van der Waals surface area contributed by atoms with Crippen molar-refractivity contribution in [1.29, 1.82) is 0 Å². The van der Waals surface area contributed by atoms with Crippen molar-refractivity contribution in [1.82, 2.24) is 29.9 Å². The van der Waals surface area contributed by atoms with Gasteiger partial charge < -0.3 is 29.9 Å². The average molecular weight is 1050 g/mol. The van der Waals surface area contributed by atoms with Crippen LogP contribution in [0.1, 0.15) is 56.2 Å². The van der Waals surface area contributed by atoms with Crippen LogP contribution >= 0.6 is 0 Å². The van der Waals surface area contributed by atoms with Gasteiger partial charge in [-0.25, -0.2) is 9.98 Å². The zero-order valence-electron chi connectivity index (χ0n) is 44.5. The Morgan fingerprint density at radius 2 is 0.415 bits per heavy atom. The number of benzene rings is 6. The van der Waals surface area contributed by atoms with Crippen molar-refractivity contribution >= 4 is 44.9 Å². The van der Waals surface area contributed by atoms with Gasteiger partial charge in [-0.05, 0) is 130 Å². The lowest BCUT2D eigenvalue weighted by molar-refractivity contribution is 1.16. The Labute approximate surface area is 471 Å². The first-order chi connectivity index (χ1) is 40.6. The monoisotopic (exact) mass is 1050 g/mol. The van der Waals surface area contributed by atoms with Gasteiger partial charge in [0.1, 0.15) is 0 Å². The normalized spacial score (nSPS) is 14.2. The van der Waals surface area contributed by atoms with E-state index in [1.807, 2.05) is 0 Å². The summed E-state index contributed by atoms with van der Waals surface area (Å²) in [4.78, 5) is 34.2. The van der Waals surface area contributed by atoms with Crippen molar-refractivity contribution in [2.75, 3.05) is 0 Å². The van der Waals surface area contributed by atoms with Gasteiger partial charge in [0.2, 0.25) is 0 Å². The first-order valence-electron chi connectivity index (χ1n) is 27.6. The quantitative estimate of drug-likeness (QED) is 0.0951. The predicted octanol–water partition coefficient (Wildman–Crippen LogP) is 12.4. The van der Waals surface area contributed by atoms with Crippen molar-refractivity contribution in [3.63, 3.8) is 0 Å². The molecule has 8 nitrogen and oxygen atoms in total. The van der Waals surface area contributed by atoms with Crippen LogP contribution < -0.4 is 21.4 Å². The maximum absolute atomic E-state index is 5.53. The summed E-state index contributed by atoms with van der Waals surface area (Å²) in [5, 5.41) is 7.68. The number of hydrogen-bond donors (Lipinski definition) is 6. The molecule has 16 bridgehead atoms. The zero-order valence-corrected chi connectivity index (χ0v) is 44.5. The number of nitrogens with zero attached hydrogens (tertiary/aromatic N) is 2. The van der Waals surface area contributed by atoms with E-state index in [2.05, 4.69) is 309 Å². The highest BCUT2D eigenvalue weighted by atomic mass is 14.8. The number of aromatic amines is 6. The van der Waals surface area contributed by atoms with Gasteiger partial charge in [0.25, 0.3) is 0 Å². The minimum absolute atomic E-state index is 0.860. The molecule has 0 saturated carbocycles. The van der Waals surface area contributed by atoms with Crippen LogP contribution in [-0.2, 0) is 0 Å². The Balaban J connectivity index is 1.02. The minimum atomic E-state index is 0.860. The molecule has 15 rings (SSSR count). The van der Waals surface area contributed by atoms with Crippen molar-refractivity contribution < 1.29 is 0 Å². The third-order valence-electron chi connectivity index (χ3n) is 15.5. The fraction of sp³-hybridized carbons (Fsp3) is 0. The van der Waals surface area contributed by atoms with Gasteiger partial charge >= 0.3 is 0 Å². The predicted molar refractivity (Wildman–Crippen MR) is 331 cm³/mol. The van der Waals surface area contributed by atoms with E-state index in [0.717, 1.165) is 155 Å². The molecule has 6 N–H and O–H groups in total. The smallest absolute Gasteiger partial charge is 0.0737 e. The van der Waals surface area contributed by atoms with Gasteiger partial charge in [0, 0.05) is 77.6 Å². The number of hydrogen-bond acceptors (Lipinski definition) is 2. The Morgan fingerprint density at radius 3 is 0.707 bits per heavy atom. The second-order valence-electron chi connectivity index (χ2n) is 20.6. The number of allylic oxidation sites excluding steroid dienone is 4. The van der Waals surface area contributed by atoms with Gasteiger partial charge in [0.15, 0.2) is 0 Å². The van der Waals surface area contributed by atoms with Gasteiger partial charge in [-0.2, -0.15) is 0 Å². The Hall–Kier alpha value is -11.2. The van der Waals surface area contributed by atoms with E-state index in [4.69, 9.17) is 9.98 Å². The van der Waals surface area contributed by atoms with E-state index in [1.54, 1.807) is 0 Å². The molecule has 0 fully saturated rings. The summed E-state index contributed by atoms with van der Waals surface area (Å²) in [6, 6.07) is 89.4. The van der Waals surface area contributed by atoms with Gasteiger partial charge in [-0.1, -0.05) is 182 Å². The molecule has 6 aromatic heterocycles. The molecule has 82 heavy (non-hydrogen) atoms. The lowest BCUT2D eigenvalue weighted by Gasteiger charge is -2.10. The van der Waals surface area contributed by atoms with Gasteiger partial charge in [-0.3, -0.25) is 0 Å². The summed E-state index contributed by atoms with van der Waals surface area (Å²) in [7, 11) is 0. The second-order valence-corrected chi connectivity index (χ2v) is 20.6. The molecule has 0 radical (unpaired) electrons. The molecule has 0 atom stereocenters. The third kappa shape index (κ3) is 8.87. The highest BCUT2D eigenvalue weighted by molar-refractivity contribution is 6.31. The number of fused-ring (bicyclic) bond motifs is 14. The molecule has 12 aromatic rings. The molecule has 9 heterocycles. The Kier molecular flexibility index (Phi) is 12.0. The zero-order chi connectivity index (χ0) is 54.3. The average Bonchev–Trinajstić information content (AvgIpc) is 4.41. The fourth-order valence-electron chi connectivity index (χ4n) is 11.8. The van der Waals surface area contributed by atoms with Crippen LogP contribution in [0, 0.1) is 21.4 Å². The molecule has 0 amide bonds. The van der Waals surface area contributed by atoms with Gasteiger partial charge in [-0.15, -0.1) is 0 Å². The van der Waals surface area contributed by atoms with Crippen LogP contribution in [0.2, 0.25) is 0 Å². The van der Waals surface area contributed by atoms with Crippen molar-refractivity contribution in [3.8, 4) is 0 Å². The van der Waals surface area contributed by atoms with Crippen LogP contribution in [0.3, 0.4) is 0 Å². The maximum Gasteiger partial charge on any atom is 0.0737 e. The molecular formula is C74H52N8. The Morgan fingerprint density at radius 1 is 0.183 bits per heavy atom. The molecular weight excluding hydrogens is 1000 g/mol. The van der Waals surface area contributed by atoms with Crippen molar-refractivity contribution in [2.45, 2.75) is 0 Å². The fourth-order valence-corrected chi connectivity index (χ4v) is 11.8. The topological polar surface area (TPSA) is 119 Å². The summed E-state index contributed by atoms with van der Waals surface area (Å²) in [6.07, 6.45) is 8.58. The number of rotatable bonds is 6. The van der Waals surface area contributed by atoms with Gasteiger partial charge in [0.05, 0.1) is 44.2 Å². The summed E-state index contributed by atoms with van der Waals surface area (Å²) in [6.45, 7) is 0. The summed E-state index contributed by atoms with van der Waals surface area (Å²) in [5.74, 6) is 0. The molecule has 3 aliphatic heterocycles. The van der Waals surface area contributed by atoms with E-state index in [9.17, 15) is 0 Å². The molecule has 0 spiro atoms. The minimum Gasteiger partial charge on any atom is -0.354 e. The van der Waals surface area contributed by atoms with Crippen LogP contribution in [-0.4, -0.2) is 41.3 Å². The molecule has 6 aromatic carbocycles. The summed E-state index contributed by atoms with van der Waals surface area (Å²) in [5.41, 5.74) is 19.8. The van der Waals surface area contributed by atoms with Crippen LogP contribution in [0.4, 0.5) is 0 Å². The first-order valence-corrected chi connectivity index (χ1v) is 27.6. The lowest BCUT2D eigenvalue weighted by Crippen LogP contribution is -2.14. The molecule has 0 unspecified atom stereocenters.